The standard InChI is InChI=1S/C36H43ClN4O/c37-34-9-2-1-7-33(34)26-41-19-13-27(14-20-41)5-4-10-35(42)31-12-11-29-15-21-40(22-16-30(29)24-31)25-28-6-3-8-32(23-28)36-38-17-18-39-36/h1-3,6-9,11-12,23-24,27H,4-5,10,13-22,25-26H2,(H,38,39). The fourth-order valence-electron chi connectivity index (χ4n) is 6.77. The van der Waals surface area contributed by atoms with Crippen LogP contribution in [0.1, 0.15) is 70.3 Å². The summed E-state index contributed by atoms with van der Waals surface area (Å²) in [6.07, 6.45) is 7.25. The normalized spacial score (nSPS) is 18.3. The van der Waals surface area contributed by atoms with E-state index in [-0.39, 0.29) is 0 Å². The molecule has 3 aliphatic rings. The average molecular weight is 583 g/mol. The number of nitrogens with zero attached hydrogens (tertiary/aromatic N) is 3. The van der Waals surface area contributed by atoms with E-state index in [1.54, 1.807) is 0 Å². The second-order valence-corrected chi connectivity index (χ2v) is 12.7. The second-order valence-electron chi connectivity index (χ2n) is 12.2. The number of likely N-dealkylation sites (tertiary alicyclic amines) is 1. The maximum atomic E-state index is 13.1. The van der Waals surface area contributed by atoms with Gasteiger partial charge in [-0.2, -0.15) is 0 Å². The minimum atomic E-state index is 0.301. The van der Waals surface area contributed by atoms with Crippen LogP contribution in [-0.4, -0.2) is 60.7 Å². The summed E-state index contributed by atoms with van der Waals surface area (Å²) >= 11 is 6.36. The molecule has 0 saturated carbocycles. The molecule has 0 amide bonds. The molecule has 0 unspecified atom stereocenters. The molecule has 0 atom stereocenters. The lowest BCUT2D eigenvalue weighted by atomic mass is 9.90. The Morgan fingerprint density at radius 1 is 0.881 bits per heavy atom. The van der Waals surface area contributed by atoms with E-state index in [2.05, 4.69) is 74.7 Å². The highest BCUT2D eigenvalue weighted by atomic mass is 35.5. The first kappa shape index (κ1) is 29.1. The number of fused-ring (bicyclic) bond motifs is 1. The van der Waals surface area contributed by atoms with Crippen molar-refractivity contribution in [2.24, 2.45) is 10.9 Å². The zero-order valence-electron chi connectivity index (χ0n) is 24.7. The number of carbonyl (C=O) groups excluding carboxylic acids is 1. The van der Waals surface area contributed by atoms with E-state index < -0.39 is 0 Å². The van der Waals surface area contributed by atoms with Crippen LogP contribution in [0.5, 0.6) is 0 Å². The first-order valence-corrected chi connectivity index (χ1v) is 16.2. The average Bonchev–Trinajstić information content (AvgIpc) is 3.49. The summed E-state index contributed by atoms with van der Waals surface area (Å²) in [7, 11) is 0. The van der Waals surface area contributed by atoms with Gasteiger partial charge in [0.25, 0.3) is 0 Å². The van der Waals surface area contributed by atoms with Gasteiger partial charge >= 0.3 is 0 Å². The first-order chi connectivity index (χ1) is 20.6. The largest absolute Gasteiger partial charge is 0.368 e. The van der Waals surface area contributed by atoms with E-state index in [9.17, 15) is 4.79 Å². The summed E-state index contributed by atoms with van der Waals surface area (Å²) in [4.78, 5) is 22.8. The highest BCUT2D eigenvalue weighted by Crippen LogP contribution is 2.26. The Bertz CT molecular complexity index is 1410. The van der Waals surface area contributed by atoms with Crippen molar-refractivity contribution in [2.45, 2.75) is 58.0 Å². The van der Waals surface area contributed by atoms with E-state index in [1.165, 1.54) is 40.7 Å². The molecule has 0 radical (unpaired) electrons. The molecule has 3 aromatic carbocycles. The molecule has 1 saturated heterocycles. The molecule has 0 aliphatic carbocycles. The smallest absolute Gasteiger partial charge is 0.162 e. The van der Waals surface area contributed by atoms with E-state index in [4.69, 9.17) is 11.6 Å². The quantitative estimate of drug-likeness (QED) is 0.275. The van der Waals surface area contributed by atoms with Gasteiger partial charge in [0.15, 0.2) is 5.78 Å². The number of rotatable bonds is 10. The molecule has 0 aromatic heterocycles. The Kier molecular flexibility index (Phi) is 9.69. The maximum Gasteiger partial charge on any atom is 0.162 e. The summed E-state index contributed by atoms with van der Waals surface area (Å²) in [5, 5.41) is 4.25. The van der Waals surface area contributed by atoms with Gasteiger partial charge in [0.05, 0.1) is 6.54 Å². The molecule has 1 fully saturated rings. The van der Waals surface area contributed by atoms with E-state index >= 15 is 0 Å². The number of ketones is 1. The van der Waals surface area contributed by atoms with Crippen LogP contribution in [0.3, 0.4) is 0 Å². The maximum absolute atomic E-state index is 13.1. The minimum absolute atomic E-state index is 0.301. The number of aliphatic imine (C=N–C) groups is 1. The summed E-state index contributed by atoms with van der Waals surface area (Å²) in [5.41, 5.74) is 7.38. The van der Waals surface area contributed by atoms with Crippen molar-refractivity contribution in [2.75, 3.05) is 39.3 Å². The minimum Gasteiger partial charge on any atom is -0.368 e. The summed E-state index contributed by atoms with van der Waals surface area (Å²) in [6, 6.07) is 23.4. The number of benzene rings is 3. The third-order valence-electron chi connectivity index (χ3n) is 9.28. The van der Waals surface area contributed by atoms with Gasteiger partial charge in [-0.3, -0.25) is 19.6 Å². The fraction of sp³-hybridized carbons (Fsp3) is 0.444. The van der Waals surface area contributed by atoms with Crippen molar-refractivity contribution < 1.29 is 4.79 Å². The van der Waals surface area contributed by atoms with Crippen molar-refractivity contribution in [3.8, 4) is 0 Å². The van der Waals surface area contributed by atoms with Crippen molar-refractivity contribution in [3.63, 3.8) is 0 Å². The Balaban J connectivity index is 0.949. The van der Waals surface area contributed by atoms with Crippen molar-refractivity contribution in [3.05, 3.63) is 105 Å². The second kappa shape index (κ2) is 14.0. The number of halogens is 1. The summed E-state index contributed by atoms with van der Waals surface area (Å²) < 4.78 is 0. The number of hydrogen-bond donors (Lipinski definition) is 1. The molecule has 0 bridgehead atoms. The van der Waals surface area contributed by atoms with Gasteiger partial charge < -0.3 is 5.32 Å². The van der Waals surface area contributed by atoms with Gasteiger partial charge in [-0.15, -0.1) is 0 Å². The molecule has 6 rings (SSSR count). The third kappa shape index (κ3) is 7.50. The molecule has 6 heteroatoms. The van der Waals surface area contributed by atoms with Crippen LogP contribution in [0.25, 0.3) is 0 Å². The topological polar surface area (TPSA) is 47.9 Å². The molecule has 3 heterocycles. The number of hydrogen-bond acceptors (Lipinski definition) is 5. The van der Waals surface area contributed by atoms with E-state index in [1.807, 2.05) is 12.1 Å². The van der Waals surface area contributed by atoms with Gasteiger partial charge in [-0.1, -0.05) is 60.1 Å². The van der Waals surface area contributed by atoms with Crippen LogP contribution < -0.4 is 5.32 Å². The van der Waals surface area contributed by atoms with Crippen LogP contribution in [0, 0.1) is 5.92 Å². The zero-order valence-corrected chi connectivity index (χ0v) is 25.4. The van der Waals surface area contributed by atoms with Gasteiger partial charge in [-0.25, -0.2) is 0 Å². The van der Waals surface area contributed by atoms with Crippen LogP contribution in [0.15, 0.2) is 71.7 Å². The molecule has 3 aliphatic heterocycles. The Morgan fingerprint density at radius 2 is 1.69 bits per heavy atom. The first-order valence-electron chi connectivity index (χ1n) is 15.8. The van der Waals surface area contributed by atoms with Gasteiger partial charge in [0.2, 0.25) is 0 Å². The monoisotopic (exact) mass is 582 g/mol. The Hall–Kier alpha value is -2.99. The third-order valence-corrected chi connectivity index (χ3v) is 9.65. The Morgan fingerprint density at radius 3 is 2.50 bits per heavy atom. The lowest BCUT2D eigenvalue weighted by molar-refractivity contribution is 0.0974. The number of piperidine rings is 1. The van der Waals surface area contributed by atoms with Crippen LogP contribution >= 0.6 is 11.6 Å². The number of nitrogens with one attached hydrogen (secondary N) is 1. The van der Waals surface area contributed by atoms with E-state index in [0.29, 0.717) is 12.2 Å². The molecule has 3 aromatic rings. The van der Waals surface area contributed by atoms with Crippen molar-refractivity contribution in [1.29, 1.82) is 0 Å². The molecule has 42 heavy (non-hydrogen) atoms. The van der Waals surface area contributed by atoms with Crippen LogP contribution in [0.2, 0.25) is 5.02 Å². The highest BCUT2D eigenvalue weighted by Gasteiger charge is 2.21. The Labute approximate surface area is 256 Å². The van der Waals surface area contributed by atoms with Gasteiger partial charge in [-0.05, 0) is 98.0 Å². The van der Waals surface area contributed by atoms with Crippen molar-refractivity contribution >= 4 is 23.2 Å². The SMILES string of the molecule is O=C(CCCC1CCN(Cc2ccccc2Cl)CC1)c1ccc2c(c1)CCN(Cc1cccc(C3=NCCN3)c1)CC2. The predicted molar refractivity (Wildman–Crippen MR) is 173 cm³/mol. The highest BCUT2D eigenvalue weighted by molar-refractivity contribution is 6.31. The molecule has 220 valence electrons. The number of amidine groups is 1. The molecule has 1 N–H and O–H groups in total. The lowest BCUT2D eigenvalue weighted by Gasteiger charge is -2.32. The molecular formula is C36H43ClN4O. The zero-order chi connectivity index (χ0) is 28.7. The fourth-order valence-corrected chi connectivity index (χ4v) is 6.96. The predicted octanol–water partition coefficient (Wildman–Crippen LogP) is 6.56. The van der Waals surface area contributed by atoms with Gasteiger partial charge in [0.1, 0.15) is 5.84 Å². The lowest BCUT2D eigenvalue weighted by Crippen LogP contribution is -2.33. The molecule has 0 spiro atoms. The summed E-state index contributed by atoms with van der Waals surface area (Å²) in [6.45, 7) is 7.96. The van der Waals surface area contributed by atoms with Crippen LogP contribution in [-0.2, 0) is 25.9 Å². The van der Waals surface area contributed by atoms with Crippen LogP contribution in [0.4, 0.5) is 0 Å². The van der Waals surface area contributed by atoms with Gasteiger partial charge in [0, 0.05) is 55.3 Å². The number of Topliss-reactive ketones (excluding diaryl/α,β-unsaturated/α-hetero) is 1. The number of carbonyl (C=O) groups is 1. The van der Waals surface area contributed by atoms with Crippen molar-refractivity contribution in [1.82, 2.24) is 15.1 Å². The molecule has 5 nitrogen and oxygen atoms in total. The summed E-state index contributed by atoms with van der Waals surface area (Å²) in [5.74, 6) is 2.05. The van der Waals surface area contributed by atoms with E-state index in [0.717, 1.165) is 100 Å². The molecular weight excluding hydrogens is 540 g/mol.